The molecular formula is C24H37N3O3. The Morgan fingerprint density at radius 2 is 1.90 bits per heavy atom. The van der Waals surface area contributed by atoms with Crippen molar-refractivity contribution in [1.29, 1.82) is 0 Å². The minimum absolute atomic E-state index is 0.128. The molecule has 0 saturated heterocycles. The van der Waals surface area contributed by atoms with Gasteiger partial charge in [0.25, 0.3) is 5.91 Å². The fourth-order valence-electron chi connectivity index (χ4n) is 5.16. The molecule has 0 spiro atoms. The van der Waals surface area contributed by atoms with Gasteiger partial charge in [-0.05, 0) is 54.7 Å². The summed E-state index contributed by atoms with van der Waals surface area (Å²) in [7, 11) is 1.75. The number of rotatable bonds is 8. The number of benzene rings is 1. The lowest BCUT2D eigenvalue weighted by Crippen LogP contribution is -2.36. The van der Waals surface area contributed by atoms with Crippen molar-refractivity contribution in [2.45, 2.75) is 76.7 Å². The first kappa shape index (κ1) is 22.6. The molecule has 4 N–H and O–H groups in total. The van der Waals surface area contributed by atoms with E-state index in [2.05, 4.69) is 24.5 Å². The van der Waals surface area contributed by atoms with Gasteiger partial charge in [-0.25, -0.2) is 0 Å². The summed E-state index contributed by atoms with van der Waals surface area (Å²) >= 11 is 0. The van der Waals surface area contributed by atoms with Crippen molar-refractivity contribution in [3.05, 3.63) is 28.8 Å². The van der Waals surface area contributed by atoms with Crippen LogP contribution in [0.15, 0.2) is 12.1 Å². The van der Waals surface area contributed by atoms with Crippen LogP contribution in [-0.4, -0.2) is 38.1 Å². The number of hydrogen-bond acceptors (Lipinski definition) is 4. The number of fused-ring (bicyclic) bond motifs is 1. The highest BCUT2D eigenvalue weighted by atomic mass is 16.5. The SMILES string of the molecule is COC1Cc2ccc(C(N)=O)c(NCCCNC(=O)C3CCCCC3)c2C(C)(C)C1. The number of primary amides is 1. The third-order valence-electron chi connectivity index (χ3n) is 6.68. The van der Waals surface area contributed by atoms with Gasteiger partial charge in [0, 0.05) is 26.1 Å². The molecule has 1 fully saturated rings. The van der Waals surface area contributed by atoms with Gasteiger partial charge in [0.1, 0.15) is 0 Å². The highest BCUT2D eigenvalue weighted by Gasteiger charge is 2.36. The monoisotopic (exact) mass is 415 g/mol. The van der Waals surface area contributed by atoms with E-state index in [4.69, 9.17) is 10.5 Å². The second-order valence-electron chi connectivity index (χ2n) is 9.44. The molecule has 0 aliphatic heterocycles. The number of amides is 2. The molecule has 6 heteroatoms. The van der Waals surface area contributed by atoms with Gasteiger partial charge in [-0.3, -0.25) is 9.59 Å². The summed E-state index contributed by atoms with van der Waals surface area (Å²) in [6.45, 7) is 5.69. The number of carbonyl (C=O) groups excluding carboxylic acids is 2. The molecule has 1 saturated carbocycles. The molecule has 2 amide bonds. The third-order valence-corrected chi connectivity index (χ3v) is 6.68. The summed E-state index contributed by atoms with van der Waals surface area (Å²) in [5.41, 5.74) is 9.30. The fraction of sp³-hybridized carbons (Fsp3) is 0.667. The second kappa shape index (κ2) is 9.82. The van der Waals surface area contributed by atoms with E-state index in [-0.39, 0.29) is 23.3 Å². The average Bonchev–Trinajstić information content (AvgIpc) is 2.72. The summed E-state index contributed by atoms with van der Waals surface area (Å²) in [5, 5.41) is 6.55. The molecule has 166 valence electrons. The van der Waals surface area contributed by atoms with E-state index in [1.807, 2.05) is 12.1 Å². The van der Waals surface area contributed by atoms with E-state index in [9.17, 15) is 9.59 Å². The quantitative estimate of drug-likeness (QED) is 0.566. The van der Waals surface area contributed by atoms with E-state index < -0.39 is 5.91 Å². The van der Waals surface area contributed by atoms with Crippen LogP contribution < -0.4 is 16.4 Å². The Bertz CT molecular complexity index is 769. The minimum Gasteiger partial charge on any atom is -0.384 e. The van der Waals surface area contributed by atoms with E-state index in [0.29, 0.717) is 18.7 Å². The van der Waals surface area contributed by atoms with Crippen molar-refractivity contribution in [2.75, 3.05) is 25.5 Å². The highest BCUT2D eigenvalue weighted by Crippen LogP contribution is 2.43. The van der Waals surface area contributed by atoms with Crippen molar-refractivity contribution in [1.82, 2.24) is 5.32 Å². The summed E-state index contributed by atoms with van der Waals surface area (Å²) in [6.07, 6.45) is 8.29. The lowest BCUT2D eigenvalue weighted by Gasteiger charge is -2.39. The molecule has 2 aliphatic carbocycles. The first-order chi connectivity index (χ1) is 14.3. The van der Waals surface area contributed by atoms with Gasteiger partial charge in [-0.2, -0.15) is 0 Å². The zero-order chi connectivity index (χ0) is 21.7. The van der Waals surface area contributed by atoms with Crippen molar-refractivity contribution in [3.63, 3.8) is 0 Å². The third kappa shape index (κ3) is 5.15. The maximum absolute atomic E-state index is 12.3. The van der Waals surface area contributed by atoms with Crippen molar-refractivity contribution in [2.24, 2.45) is 11.7 Å². The molecule has 0 bridgehead atoms. The van der Waals surface area contributed by atoms with Crippen LogP contribution in [0, 0.1) is 5.92 Å². The van der Waals surface area contributed by atoms with Gasteiger partial charge in [0.05, 0.1) is 17.4 Å². The zero-order valence-corrected chi connectivity index (χ0v) is 18.7. The van der Waals surface area contributed by atoms with E-state index in [1.165, 1.54) is 17.5 Å². The molecule has 30 heavy (non-hydrogen) atoms. The van der Waals surface area contributed by atoms with Crippen LogP contribution in [0.3, 0.4) is 0 Å². The fourth-order valence-corrected chi connectivity index (χ4v) is 5.16. The molecule has 6 nitrogen and oxygen atoms in total. The Kier molecular flexibility index (Phi) is 7.40. The van der Waals surface area contributed by atoms with Crippen LogP contribution in [0.5, 0.6) is 0 Å². The number of anilines is 1. The first-order valence-corrected chi connectivity index (χ1v) is 11.3. The van der Waals surface area contributed by atoms with Crippen LogP contribution in [0.2, 0.25) is 0 Å². The van der Waals surface area contributed by atoms with Crippen LogP contribution in [0.25, 0.3) is 0 Å². The predicted molar refractivity (Wildman–Crippen MR) is 120 cm³/mol. The lowest BCUT2D eigenvalue weighted by atomic mass is 9.70. The Balaban J connectivity index is 1.65. The number of hydrogen-bond donors (Lipinski definition) is 3. The molecule has 0 heterocycles. The normalized spacial score (nSPS) is 21.0. The molecule has 1 aromatic carbocycles. The Morgan fingerprint density at radius 1 is 1.17 bits per heavy atom. The van der Waals surface area contributed by atoms with Crippen LogP contribution in [-0.2, 0) is 21.4 Å². The van der Waals surface area contributed by atoms with Gasteiger partial charge in [0.15, 0.2) is 0 Å². The van der Waals surface area contributed by atoms with Crippen LogP contribution in [0.1, 0.15) is 80.3 Å². The number of ether oxygens (including phenoxy) is 1. The standard InChI is InChI=1S/C24H37N3O3/c1-24(2)15-18(30-3)14-17-10-11-19(22(25)28)21(20(17)24)26-12-7-13-27-23(29)16-8-5-4-6-9-16/h10-11,16,18,26H,4-9,12-15H2,1-3H3,(H2,25,28)(H,27,29). The Hall–Kier alpha value is -2.08. The Labute approximate surface area is 180 Å². The summed E-state index contributed by atoms with van der Waals surface area (Å²) in [4.78, 5) is 24.4. The molecule has 0 radical (unpaired) electrons. The van der Waals surface area contributed by atoms with E-state index in [0.717, 1.165) is 50.6 Å². The maximum Gasteiger partial charge on any atom is 0.250 e. The molecule has 1 aromatic rings. The van der Waals surface area contributed by atoms with Gasteiger partial charge >= 0.3 is 0 Å². The largest absolute Gasteiger partial charge is 0.384 e. The average molecular weight is 416 g/mol. The molecule has 1 atom stereocenters. The molecule has 2 aliphatic rings. The van der Waals surface area contributed by atoms with Gasteiger partial charge in [-0.15, -0.1) is 0 Å². The summed E-state index contributed by atoms with van der Waals surface area (Å²) < 4.78 is 5.63. The van der Waals surface area contributed by atoms with E-state index >= 15 is 0 Å². The summed E-state index contributed by atoms with van der Waals surface area (Å²) in [6, 6.07) is 3.83. The van der Waals surface area contributed by atoms with Crippen molar-refractivity contribution in [3.8, 4) is 0 Å². The lowest BCUT2D eigenvalue weighted by molar-refractivity contribution is -0.125. The topological polar surface area (TPSA) is 93.4 Å². The second-order valence-corrected chi connectivity index (χ2v) is 9.44. The van der Waals surface area contributed by atoms with Crippen LogP contribution in [0.4, 0.5) is 5.69 Å². The number of carbonyl (C=O) groups is 2. The highest BCUT2D eigenvalue weighted by molar-refractivity contribution is 5.99. The minimum atomic E-state index is -0.421. The smallest absolute Gasteiger partial charge is 0.250 e. The number of methoxy groups -OCH3 is 1. The zero-order valence-electron chi connectivity index (χ0n) is 18.7. The molecule has 3 rings (SSSR count). The van der Waals surface area contributed by atoms with E-state index in [1.54, 1.807) is 7.11 Å². The number of nitrogens with one attached hydrogen (secondary N) is 2. The Morgan fingerprint density at radius 3 is 2.57 bits per heavy atom. The predicted octanol–water partition coefficient (Wildman–Crippen LogP) is 3.52. The van der Waals surface area contributed by atoms with Crippen molar-refractivity contribution < 1.29 is 14.3 Å². The van der Waals surface area contributed by atoms with Crippen molar-refractivity contribution >= 4 is 17.5 Å². The molecule has 1 unspecified atom stereocenters. The number of nitrogens with two attached hydrogens (primary N) is 1. The van der Waals surface area contributed by atoms with Gasteiger partial charge < -0.3 is 21.1 Å². The molecule has 0 aromatic heterocycles. The molecular weight excluding hydrogens is 378 g/mol. The van der Waals surface area contributed by atoms with Gasteiger partial charge in [-0.1, -0.05) is 39.2 Å². The first-order valence-electron chi connectivity index (χ1n) is 11.3. The van der Waals surface area contributed by atoms with Gasteiger partial charge in [0.2, 0.25) is 5.91 Å². The maximum atomic E-state index is 12.3. The van der Waals surface area contributed by atoms with Crippen LogP contribution >= 0.6 is 0 Å². The summed E-state index contributed by atoms with van der Waals surface area (Å²) in [5.74, 6) is -0.0456.